The van der Waals surface area contributed by atoms with Crippen molar-refractivity contribution < 1.29 is 32.6 Å². The summed E-state index contributed by atoms with van der Waals surface area (Å²) in [7, 11) is 2.71. The predicted molar refractivity (Wildman–Crippen MR) is 156 cm³/mol. The Hall–Kier alpha value is -4.27. The molecule has 0 atom stereocenters. The fourth-order valence-electron chi connectivity index (χ4n) is 4.60. The SMILES string of the molecule is COc1cc(C(=O)NN2CCN(C(=O)OC(C)(C)C)CC2)ccc1Nc1ncc2c(n1)N(C(C)C)CC(F)(F)C(=O)N2C. The van der Waals surface area contributed by atoms with E-state index in [-0.39, 0.29) is 35.5 Å². The molecule has 0 aliphatic carbocycles. The molecule has 2 N–H and O–H groups in total. The van der Waals surface area contributed by atoms with Crippen molar-refractivity contribution in [3.63, 3.8) is 0 Å². The van der Waals surface area contributed by atoms with Gasteiger partial charge in [0.1, 0.15) is 17.0 Å². The van der Waals surface area contributed by atoms with Crippen LogP contribution in [0, 0.1) is 0 Å². The molecule has 0 spiro atoms. The van der Waals surface area contributed by atoms with Crippen LogP contribution < -0.4 is 25.3 Å². The highest BCUT2D eigenvalue weighted by Gasteiger charge is 2.47. The van der Waals surface area contributed by atoms with Crippen molar-refractivity contribution in [1.82, 2.24) is 25.3 Å². The van der Waals surface area contributed by atoms with Crippen molar-refractivity contribution in [3.05, 3.63) is 30.0 Å². The van der Waals surface area contributed by atoms with E-state index in [9.17, 15) is 23.2 Å². The van der Waals surface area contributed by atoms with Crippen molar-refractivity contribution in [2.45, 2.75) is 52.2 Å². The standard InChI is InChI=1S/C28H38F2N8O5/c1-17(2)38-16-28(29,30)24(40)35(6)20-15-31-25(33-22(20)38)32-19-9-8-18(14-21(19)42-7)23(39)34-37-12-10-36(11-13-37)26(41)43-27(3,4)5/h8-9,14-15,17H,10-13,16H2,1-7H3,(H,34,39)(H,31,32,33). The molecule has 2 aliphatic rings. The lowest BCUT2D eigenvalue weighted by Gasteiger charge is -2.35. The van der Waals surface area contributed by atoms with Gasteiger partial charge in [-0.05, 0) is 52.8 Å². The maximum atomic E-state index is 14.6. The van der Waals surface area contributed by atoms with E-state index < -0.39 is 24.0 Å². The summed E-state index contributed by atoms with van der Waals surface area (Å²) in [6.07, 6.45) is 0.927. The van der Waals surface area contributed by atoms with Gasteiger partial charge in [-0.15, -0.1) is 0 Å². The van der Waals surface area contributed by atoms with Gasteiger partial charge in [0.15, 0.2) is 5.82 Å². The number of carbonyl (C=O) groups excluding carboxylic acids is 3. The van der Waals surface area contributed by atoms with Gasteiger partial charge in [0.25, 0.3) is 11.8 Å². The zero-order valence-corrected chi connectivity index (χ0v) is 25.4. The molecule has 1 saturated heterocycles. The zero-order valence-electron chi connectivity index (χ0n) is 25.4. The minimum atomic E-state index is -3.60. The molecule has 15 heteroatoms. The number of hydrogen-bond acceptors (Lipinski definition) is 10. The van der Waals surface area contributed by atoms with E-state index >= 15 is 0 Å². The molecular formula is C28H38F2N8O5. The number of amides is 3. The van der Waals surface area contributed by atoms with Crippen LogP contribution in [0.2, 0.25) is 0 Å². The van der Waals surface area contributed by atoms with E-state index in [2.05, 4.69) is 20.7 Å². The van der Waals surface area contributed by atoms with Crippen LogP contribution in [0.25, 0.3) is 0 Å². The normalized spacial score (nSPS) is 17.3. The second-order valence-corrected chi connectivity index (χ2v) is 11.6. The Bertz CT molecular complexity index is 1380. The van der Waals surface area contributed by atoms with E-state index in [1.165, 1.54) is 25.3 Å². The number of methoxy groups -OCH3 is 1. The van der Waals surface area contributed by atoms with Gasteiger partial charge < -0.3 is 29.5 Å². The second-order valence-electron chi connectivity index (χ2n) is 11.6. The summed E-state index contributed by atoms with van der Waals surface area (Å²) in [5.74, 6) is -4.70. The molecule has 0 unspecified atom stereocenters. The summed E-state index contributed by atoms with van der Waals surface area (Å²) >= 11 is 0. The van der Waals surface area contributed by atoms with Crippen LogP contribution in [0.4, 0.5) is 36.7 Å². The molecule has 13 nitrogen and oxygen atoms in total. The highest BCUT2D eigenvalue weighted by atomic mass is 19.3. The molecule has 1 aromatic heterocycles. The first kappa shape index (κ1) is 31.7. The van der Waals surface area contributed by atoms with Gasteiger partial charge in [-0.3, -0.25) is 15.0 Å². The van der Waals surface area contributed by atoms with Crippen LogP contribution in [0.15, 0.2) is 24.4 Å². The number of fused-ring (bicyclic) bond motifs is 1. The molecule has 2 aliphatic heterocycles. The smallest absolute Gasteiger partial charge is 0.410 e. The van der Waals surface area contributed by atoms with Gasteiger partial charge >= 0.3 is 12.0 Å². The van der Waals surface area contributed by atoms with Crippen LogP contribution >= 0.6 is 0 Å². The molecule has 43 heavy (non-hydrogen) atoms. The Labute approximate surface area is 249 Å². The summed E-state index contributed by atoms with van der Waals surface area (Å²) in [5, 5.41) is 4.76. The van der Waals surface area contributed by atoms with Crippen molar-refractivity contribution in [2.24, 2.45) is 0 Å². The van der Waals surface area contributed by atoms with Crippen LogP contribution in [0.5, 0.6) is 5.75 Å². The van der Waals surface area contributed by atoms with E-state index in [0.29, 0.717) is 43.2 Å². The maximum absolute atomic E-state index is 14.6. The number of hydrogen-bond donors (Lipinski definition) is 2. The highest BCUT2D eigenvalue weighted by molar-refractivity contribution is 6.02. The minimum absolute atomic E-state index is 0.0915. The number of alkyl halides is 2. The molecule has 3 heterocycles. The number of benzene rings is 1. The first-order valence-corrected chi connectivity index (χ1v) is 13.9. The average molecular weight is 605 g/mol. The van der Waals surface area contributed by atoms with Crippen LogP contribution in [-0.2, 0) is 9.53 Å². The number of nitrogens with zero attached hydrogens (tertiary/aromatic N) is 6. The summed E-state index contributed by atoms with van der Waals surface area (Å²) in [4.78, 5) is 50.2. The van der Waals surface area contributed by atoms with Gasteiger partial charge in [-0.2, -0.15) is 13.8 Å². The Morgan fingerprint density at radius 1 is 1.12 bits per heavy atom. The maximum Gasteiger partial charge on any atom is 0.410 e. The topological polar surface area (TPSA) is 132 Å². The van der Waals surface area contributed by atoms with E-state index in [1.54, 1.807) is 42.0 Å². The predicted octanol–water partition coefficient (Wildman–Crippen LogP) is 3.25. The number of hydrazine groups is 1. The molecule has 2 aromatic rings. The number of piperazine rings is 1. The molecular weight excluding hydrogens is 566 g/mol. The summed E-state index contributed by atoms with van der Waals surface area (Å²) in [6.45, 7) is 9.73. The van der Waals surface area contributed by atoms with Gasteiger partial charge in [0.2, 0.25) is 5.95 Å². The third kappa shape index (κ3) is 7.21. The van der Waals surface area contributed by atoms with Crippen molar-refractivity contribution in [3.8, 4) is 5.75 Å². The highest BCUT2D eigenvalue weighted by Crippen LogP contribution is 2.37. The summed E-state index contributed by atoms with van der Waals surface area (Å²) in [6, 6.07) is 4.38. The van der Waals surface area contributed by atoms with Gasteiger partial charge in [0, 0.05) is 44.8 Å². The van der Waals surface area contributed by atoms with Crippen molar-refractivity contribution >= 4 is 41.0 Å². The van der Waals surface area contributed by atoms with Crippen molar-refractivity contribution in [2.75, 3.05) is 62.0 Å². The second kappa shape index (κ2) is 12.1. The Morgan fingerprint density at radius 2 is 1.79 bits per heavy atom. The number of halogens is 2. The van der Waals surface area contributed by atoms with Gasteiger partial charge in [0.05, 0.1) is 25.5 Å². The summed E-state index contributed by atoms with van der Waals surface area (Å²) in [5.41, 5.74) is 3.18. The lowest BCUT2D eigenvalue weighted by molar-refractivity contribution is -0.140. The first-order chi connectivity index (χ1) is 20.1. The number of ether oxygens (including phenoxy) is 2. The van der Waals surface area contributed by atoms with Gasteiger partial charge in [-0.25, -0.2) is 14.8 Å². The molecule has 0 bridgehead atoms. The Kier molecular flexibility index (Phi) is 8.94. The number of nitrogens with one attached hydrogen (secondary N) is 2. The number of aromatic nitrogens is 2. The Balaban J connectivity index is 1.46. The largest absolute Gasteiger partial charge is 0.495 e. The van der Waals surface area contributed by atoms with Crippen LogP contribution in [0.1, 0.15) is 45.0 Å². The molecule has 0 radical (unpaired) electrons. The third-order valence-corrected chi connectivity index (χ3v) is 6.89. The molecule has 0 saturated carbocycles. The fourth-order valence-corrected chi connectivity index (χ4v) is 4.60. The number of anilines is 4. The quantitative estimate of drug-likeness (QED) is 0.507. The minimum Gasteiger partial charge on any atom is -0.495 e. The molecule has 234 valence electrons. The number of carbonyl (C=O) groups is 3. The molecule has 1 aromatic carbocycles. The molecule has 1 fully saturated rings. The molecule has 4 rings (SSSR count). The van der Waals surface area contributed by atoms with Crippen LogP contribution in [0.3, 0.4) is 0 Å². The zero-order chi connectivity index (χ0) is 31.7. The summed E-state index contributed by atoms with van der Waals surface area (Å²) < 4.78 is 40.1. The van der Waals surface area contributed by atoms with Crippen LogP contribution in [-0.4, -0.2) is 102 Å². The van der Waals surface area contributed by atoms with E-state index in [0.717, 1.165) is 4.90 Å². The fraction of sp³-hybridized carbons (Fsp3) is 0.536. The monoisotopic (exact) mass is 604 g/mol. The van der Waals surface area contributed by atoms with E-state index in [4.69, 9.17) is 9.47 Å². The lowest BCUT2D eigenvalue weighted by atomic mass is 10.1. The average Bonchev–Trinajstić information content (AvgIpc) is 3.01. The van der Waals surface area contributed by atoms with Crippen molar-refractivity contribution in [1.29, 1.82) is 0 Å². The number of rotatable bonds is 6. The molecule has 3 amide bonds. The Morgan fingerprint density at radius 3 is 2.40 bits per heavy atom. The first-order valence-electron chi connectivity index (χ1n) is 13.9. The third-order valence-electron chi connectivity index (χ3n) is 6.89. The van der Waals surface area contributed by atoms with E-state index in [1.807, 2.05) is 20.8 Å². The lowest BCUT2D eigenvalue weighted by Crippen LogP contribution is -2.55. The van der Waals surface area contributed by atoms with Gasteiger partial charge in [-0.1, -0.05) is 0 Å².